The van der Waals surface area contributed by atoms with Gasteiger partial charge < -0.3 is 5.32 Å². The highest BCUT2D eigenvalue weighted by molar-refractivity contribution is 5.92. The summed E-state index contributed by atoms with van der Waals surface area (Å²) in [4.78, 5) is 4.87. The molecule has 0 aliphatic rings. The Hall–Kier alpha value is -3.67. The fraction of sp³-hybridized carbons (Fsp3) is 0.208. The smallest absolute Gasteiger partial charge is 0.158 e. The Labute approximate surface area is 175 Å². The largest absolute Gasteiger partial charge is 0.324 e. The first-order valence-electron chi connectivity index (χ1n) is 10.1. The summed E-state index contributed by atoms with van der Waals surface area (Å²) in [6.07, 6.45) is 0. The van der Waals surface area contributed by atoms with Gasteiger partial charge in [0.2, 0.25) is 0 Å². The first-order valence-corrected chi connectivity index (χ1v) is 10.1. The molecule has 0 aliphatic heterocycles. The lowest BCUT2D eigenvalue weighted by Gasteiger charge is -2.14. The molecular weight excluding hydrogens is 372 g/mol. The van der Waals surface area contributed by atoms with Crippen LogP contribution in [0.4, 0.5) is 11.6 Å². The van der Waals surface area contributed by atoms with Crippen molar-refractivity contribution in [2.45, 2.75) is 33.1 Å². The van der Waals surface area contributed by atoms with E-state index < -0.39 is 0 Å². The van der Waals surface area contributed by atoms with Crippen molar-refractivity contribution in [1.29, 1.82) is 0 Å². The van der Waals surface area contributed by atoms with Crippen LogP contribution in [0.2, 0.25) is 0 Å². The predicted molar refractivity (Wildman–Crippen MR) is 121 cm³/mol. The number of nitrogens with one attached hydrogen (secondary N) is 1. The summed E-state index contributed by atoms with van der Waals surface area (Å²) >= 11 is 0. The molecule has 0 unspecified atom stereocenters. The molecule has 0 radical (unpaired) electrons. The monoisotopic (exact) mass is 396 g/mol. The minimum Gasteiger partial charge on any atom is -0.324 e. The normalized spacial score (nSPS) is 12.0. The Morgan fingerprint density at radius 1 is 0.867 bits per heavy atom. The van der Waals surface area contributed by atoms with Crippen molar-refractivity contribution in [2.75, 3.05) is 5.32 Å². The van der Waals surface area contributed by atoms with E-state index in [-0.39, 0.29) is 5.41 Å². The second-order valence-electron chi connectivity index (χ2n) is 8.57. The maximum Gasteiger partial charge on any atom is 0.158 e. The molecule has 150 valence electrons. The van der Waals surface area contributed by atoms with E-state index in [0.717, 1.165) is 45.3 Å². The topological polar surface area (TPSA) is 60.0 Å². The van der Waals surface area contributed by atoms with Gasteiger partial charge in [0.1, 0.15) is 11.6 Å². The van der Waals surface area contributed by atoms with E-state index in [2.05, 4.69) is 61.5 Å². The molecule has 0 bridgehead atoms. The van der Waals surface area contributed by atoms with Gasteiger partial charge in [0, 0.05) is 22.9 Å². The average molecular weight is 396 g/mol. The molecule has 3 aromatic heterocycles. The number of hydrogen-bond donors (Lipinski definition) is 1. The van der Waals surface area contributed by atoms with Crippen LogP contribution < -0.4 is 5.32 Å². The number of para-hydroxylation sites is 2. The van der Waals surface area contributed by atoms with Gasteiger partial charge in [-0.2, -0.15) is 10.2 Å². The lowest BCUT2D eigenvalue weighted by molar-refractivity contribution is 0.560. The minimum absolute atomic E-state index is 0.0710. The van der Waals surface area contributed by atoms with Gasteiger partial charge in [0.25, 0.3) is 0 Å². The zero-order chi connectivity index (χ0) is 20.9. The van der Waals surface area contributed by atoms with Crippen molar-refractivity contribution in [1.82, 2.24) is 24.4 Å². The number of rotatable bonds is 3. The van der Waals surface area contributed by atoms with Gasteiger partial charge in [-0.05, 0) is 31.2 Å². The standard InChI is InChI=1S/C24H24N6/c1-16-14-21-25-23(18-12-8-9-13-19(18)30(21)27-16)26-22-15-20(24(2,3)4)28-29(22)17-10-6-5-7-11-17/h5-15H,1-4H3,(H,25,26). The molecule has 0 saturated carbocycles. The number of benzene rings is 2. The molecule has 6 heteroatoms. The Balaban J connectivity index is 1.70. The first kappa shape index (κ1) is 18.4. The molecule has 6 nitrogen and oxygen atoms in total. The Kier molecular flexibility index (Phi) is 4.10. The summed E-state index contributed by atoms with van der Waals surface area (Å²) in [5.74, 6) is 1.67. The lowest BCUT2D eigenvalue weighted by Crippen LogP contribution is -2.12. The second kappa shape index (κ2) is 6.69. The first-order chi connectivity index (χ1) is 14.4. The zero-order valence-electron chi connectivity index (χ0n) is 17.6. The van der Waals surface area contributed by atoms with E-state index in [9.17, 15) is 0 Å². The minimum atomic E-state index is -0.0710. The fourth-order valence-electron chi connectivity index (χ4n) is 3.60. The molecule has 5 aromatic rings. The number of nitrogens with zero attached hydrogens (tertiary/aromatic N) is 5. The van der Waals surface area contributed by atoms with E-state index in [1.807, 2.05) is 52.5 Å². The van der Waals surface area contributed by atoms with Gasteiger partial charge in [-0.3, -0.25) is 0 Å². The Bertz CT molecular complexity index is 1360. The SMILES string of the molecule is Cc1cc2nc(Nc3cc(C(C)(C)C)nn3-c3ccccc3)c3ccccc3n2n1. The highest BCUT2D eigenvalue weighted by atomic mass is 15.3. The lowest BCUT2D eigenvalue weighted by atomic mass is 9.92. The van der Waals surface area contributed by atoms with Crippen LogP contribution in [0.15, 0.2) is 66.7 Å². The van der Waals surface area contributed by atoms with Crippen molar-refractivity contribution in [2.24, 2.45) is 0 Å². The molecule has 3 heterocycles. The predicted octanol–water partition coefficient (Wildman–Crippen LogP) is 5.42. The molecule has 0 amide bonds. The Morgan fingerprint density at radius 3 is 2.37 bits per heavy atom. The quantitative estimate of drug-likeness (QED) is 0.442. The molecule has 0 atom stereocenters. The van der Waals surface area contributed by atoms with Gasteiger partial charge in [-0.15, -0.1) is 0 Å². The highest BCUT2D eigenvalue weighted by Gasteiger charge is 2.21. The van der Waals surface area contributed by atoms with Crippen LogP contribution in [0.5, 0.6) is 0 Å². The van der Waals surface area contributed by atoms with Crippen molar-refractivity contribution in [3.8, 4) is 5.69 Å². The fourth-order valence-corrected chi connectivity index (χ4v) is 3.60. The van der Waals surface area contributed by atoms with Gasteiger partial charge >= 0.3 is 0 Å². The molecule has 30 heavy (non-hydrogen) atoms. The van der Waals surface area contributed by atoms with Gasteiger partial charge in [-0.25, -0.2) is 14.2 Å². The third kappa shape index (κ3) is 3.10. The molecule has 2 aromatic carbocycles. The maximum absolute atomic E-state index is 4.90. The molecule has 5 rings (SSSR count). The third-order valence-corrected chi connectivity index (χ3v) is 5.15. The number of aromatic nitrogens is 5. The molecule has 0 fully saturated rings. The van der Waals surface area contributed by atoms with Crippen molar-refractivity contribution in [3.05, 3.63) is 78.1 Å². The van der Waals surface area contributed by atoms with Crippen molar-refractivity contribution >= 4 is 28.2 Å². The summed E-state index contributed by atoms with van der Waals surface area (Å²) in [5.41, 5.74) is 4.71. The molecular formula is C24H24N6. The van der Waals surface area contributed by atoms with Crippen LogP contribution in [-0.2, 0) is 5.41 Å². The van der Waals surface area contributed by atoms with Crippen LogP contribution in [0, 0.1) is 6.92 Å². The highest BCUT2D eigenvalue weighted by Crippen LogP contribution is 2.30. The van der Waals surface area contributed by atoms with Crippen LogP contribution in [-0.4, -0.2) is 24.4 Å². The number of hydrogen-bond acceptors (Lipinski definition) is 4. The van der Waals surface area contributed by atoms with Gasteiger partial charge in [0.15, 0.2) is 5.65 Å². The molecule has 1 N–H and O–H groups in total. The van der Waals surface area contributed by atoms with Gasteiger partial charge in [0.05, 0.1) is 22.6 Å². The molecule has 0 aliphatic carbocycles. The van der Waals surface area contributed by atoms with Crippen LogP contribution in [0.25, 0.3) is 22.2 Å². The zero-order valence-corrected chi connectivity index (χ0v) is 17.6. The summed E-state index contributed by atoms with van der Waals surface area (Å²) in [6.45, 7) is 8.49. The summed E-state index contributed by atoms with van der Waals surface area (Å²) in [6, 6.07) is 22.4. The molecule has 0 spiro atoms. The summed E-state index contributed by atoms with van der Waals surface area (Å²) < 4.78 is 3.84. The van der Waals surface area contributed by atoms with Crippen LogP contribution in [0.1, 0.15) is 32.2 Å². The number of anilines is 2. The number of fused-ring (bicyclic) bond motifs is 3. The van der Waals surface area contributed by atoms with Crippen LogP contribution >= 0.6 is 0 Å². The molecule has 0 saturated heterocycles. The van der Waals surface area contributed by atoms with E-state index in [1.54, 1.807) is 0 Å². The van der Waals surface area contributed by atoms with E-state index in [1.165, 1.54) is 0 Å². The van der Waals surface area contributed by atoms with Crippen LogP contribution in [0.3, 0.4) is 0 Å². The van der Waals surface area contributed by atoms with Gasteiger partial charge in [-0.1, -0.05) is 51.1 Å². The second-order valence-corrected chi connectivity index (χ2v) is 8.57. The average Bonchev–Trinajstić information content (AvgIpc) is 3.32. The van der Waals surface area contributed by atoms with E-state index >= 15 is 0 Å². The van der Waals surface area contributed by atoms with E-state index in [4.69, 9.17) is 10.1 Å². The number of aryl methyl sites for hydroxylation is 1. The maximum atomic E-state index is 4.90. The Morgan fingerprint density at radius 2 is 1.60 bits per heavy atom. The third-order valence-electron chi connectivity index (χ3n) is 5.15. The summed E-state index contributed by atoms with van der Waals surface area (Å²) in [5, 5.41) is 14.1. The van der Waals surface area contributed by atoms with Crippen molar-refractivity contribution in [3.63, 3.8) is 0 Å². The summed E-state index contributed by atoms with van der Waals surface area (Å²) in [7, 11) is 0. The van der Waals surface area contributed by atoms with E-state index in [0.29, 0.717) is 0 Å². The van der Waals surface area contributed by atoms with Crippen molar-refractivity contribution < 1.29 is 0 Å².